The first-order chi connectivity index (χ1) is 12.7. The van der Waals surface area contributed by atoms with Crippen molar-refractivity contribution >= 4 is 5.95 Å². The van der Waals surface area contributed by atoms with Gasteiger partial charge in [0.05, 0.1) is 16.8 Å². The topological polar surface area (TPSA) is 62.2 Å². The molecule has 0 saturated carbocycles. The van der Waals surface area contributed by atoms with Gasteiger partial charge in [0.2, 0.25) is 5.95 Å². The van der Waals surface area contributed by atoms with Crippen LogP contribution in [0.4, 0.5) is 23.5 Å². The van der Waals surface area contributed by atoms with Gasteiger partial charge in [-0.15, -0.1) is 0 Å². The molecule has 2 heterocycles. The quantitative estimate of drug-likeness (QED) is 0.787. The van der Waals surface area contributed by atoms with E-state index in [4.69, 9.17) is 0 Å². The lowest BCUT2D eigenvalue weighted by molar-refractivity contribution is -0.140. The molecule has 27 heavy (non-hydrogen) atoms. The maximum Gasteiger partial charge on any atom is 0.419 e. The molecular weight excluding hydrogens is 366 g/mol. The fraction of sp³-hybridized carbons (Fsp3) is 0.412. The molecule has 2 aromatic rings. The lowest BCUT2D eigenvalue weighted by atomic mass is 10.1. The van der Waals surface area contributed by atoms with E-state index in [1.54, 1.807) is 19.1 Å². The van der Waals surface area contributed by atoms with Gasteiger partial charge in [-0.2, -0.15) is 17.8 Å². The van der Waals surface area contributed by atoms with Gasteiger partial charge >= 0.3 is 6.18 Å². The van der Waals surface area contributed by atoms with E-state index in [1.807, 2.05) is 0 Å². The maximum absolute atomic E-state index is 13.7. The van der Waals surface area contributed by atoms with Gasteiger partial charge < -0.3 is 15.6 Å². The zero-order valence-corrected chi connectivity index (χ0v) is 14.8. The van der Waals surface area contributed by atoms with Crippen molar-refractivity contribution in [2.45, 2.75) is 25.7 Å². The first-order valence-corrected chi connectivity index (χ1v) is 8.31. The minimum Gasteiger partial charge on any atom is -0.350 e. The van der Waals surface area contributed by atoms with Gasteiger partial charge in [-0.3, -0.25) is 4.79 Å². The normalized spacial score (nSPS) is 14.0. The summed E-state index contributed by atoms with van der Waals surface area (Å²) >= 11 is 0. The van der Waals surface area contributed by atoms with E-state index in [1.165, 1.54) is 10.7 Å². The molecule has 1 aromatic carbocycles. The minimum atomic E-state index is -4.74. The molecule has 0 atom stereocenters. The molecule has 1 aliphatic heterocycles. The molecule has 146 valence electrons. The summed E-state index contributed by atoms with van der Waals surface area (Å²) in [4.78, 5) is 17.2. The number of fused-ring (bicyclic) bond motifs is 1. The third-order valence-electron chi connectivity index (χ3n) is 4.27. The Morgan fingerprint density at radius 1 is 1.33 bits per heavy atom. The first-order valence-electron chi connectivity index (χ1n) is 8.31. The molecule has 1 aliphatic rings. The van der Waals surface area contributed by atoms with Crippen LogP contribution >= 0.6 is 0 Å². The molecule has 0 fully saturated rings. The van der Waals surface area contributed by atoms with Gasteiger partial charge in [0, 0.05) is 40.2 Å². The average Bonchev–Trinajstić information content (AvgIpc) is 2.58. The Labute approximate surface area is 152 Å². The number of nitrogens with one attached hydrogen (secondary N) is 2. The van der Waals surface area contributed by atoms with Gasteiger partial charge in [0.15, 0.2) is 0 Å². The Morgan fingerprint density at radius 2 is 2.07 bits per heavy atom. The second-order valence-electron chi connectivity index (χ2n) is 6.42. The highest BCUT2D eigenvalue weighted by atomic mass is 19.4. The van der Waals surface area contributed by atoms with Crippen LogP contribution < -0.4 is 21.2 Å². The third-order valence-corrected chi connectivity index (χ3v) is 4.27. The van der Waals surface area contributed by atoms with Crippen LogP contribution in [0.15, 0.2) is 23.0 Å². The van der Waals surface area contributed by atoms with Crippen molar-refractivity contribution in [2.75, 3.05) is 31.0 Å². The van der Waals surface area contributed by atoms with Crippen molar-refractivity contribution in [1.29, 1.82) is 0 Å². The van der Waals surface area contributed by atoms with Crippen molar-refractivity contribution in [2.24, 2.45) is 0 Å². The smallest absolute Gasteiger partial charge is 0.350 e. The molecule has 0 saturated heterocycles. The summed E-state index contributed by atoms with van der Waals surface area (Å²) in [6.45, 7) is 1.15. The van der Waals surface area contributed by atoms with E-state index in [2.05, 4.69) is 15.6 Å². The van der Waals surface area contributed by atoms with Crippen molar-refractivity contribution in [3.05, 3.63) is 56.8 Å². The number of anilines is 1. The highest BCUT2D eigenvalue weighted by Crippen LogP contribution is 2.31. The largest absolute Gasteiger partial charge is 0.419 e. The van der Waals surface area contributed by atoms with Gasteiger partial charge in [-0.25, -0.2) is 9.37 Å². The summed E-state index contributed by atoms with van der Waals surface area (Å²) in [6, 6.07) is 2.73. The zero-order chi connectivity index (χ0) is 19.8. The molecule has 10 heteroatoms. The van der Waals surface area contributed by atoms with Crippen LogP contribution in [0.25, 0.3) is 0 Å². The van der Waals surface area contributed by atoms with Crippen molar-refractivity contribution in [3.8, 4) is 0 Å². The summed E-state index contributed by atoms with van der Waals surface area (Å²) in [5.41, 5.74) is 0.0348. The zero-order valence-electron chi connectivity index (χ0n) is 14.8. The van der Waals surface area contributed by atoms with Crippen LogP contribution in [0.2, 0.25) is 0 Å². The second kappa shape index (κ2) is 7.18. The highest BCUT2D eigenvalue weighted by molar-refractivity contribution is 5.36. The van der Waals surface area contributed by atoms with E-state index in [0.29, 0.717) is 42.4 Å². The summed E-state index contributed by atoms with van der Waals surface area (Å²) in [6.07, 6.45) is -4.14. The SMILES string of the molecule is CN(C)n1c(NCc2ccc(C(F)(F)F)c(F)c2)nc2c(c1=O)CNCC2. The molecule has 0 amide bonds. The lowest BCUT2D eigenvalue weighted by Crippen LogP contribution is -2.43. The predicted octanol–water partition coefficient (Wildman–Crippen LogP) is 1.86. The third kappa shape index (κ3) is 3.90. The predicted molar refractivity (Wildman–Crippen MR) is 92.7 cm³/mol. The molecule has 0 bridgehead atoms. The summed E-state index contributed by atoms with van der Waals surface area (Å²) in [7, 11) is 3.35. The van der Waals surface area contributed by atoms with Crippen LogP contribution in [-0.4, -0.2) is 30.3 Å². The van der Waals surface area contributed by atoms with Crippen molar-refractivity contribution in [3.63, 3.8) is 0 Å². The maximum atomic E-state index is 13.7. The molecule has 3 rings (SSSR count). The number of halogens is 4. The van der Waals surface area contributed by atoms with Crippen LogP contribution in [0.1, 0.15) is 22.4 Å². The van der Waals surface area contributed by atoms with Gasteiger partial charge in [0.25, 0.3) is 5.56 Å². The monoisotopic (exact) mass is 385 g/mol. The molecule has 0 unspecified atom stereocenters. The molecule has 2 N–H and O–H groups in total. The average molecular weight is 385 g/mol. The molecule has 0 radical (unpaired) electrons. The second-order valence-corrected chi connectivity index (χ2v) is 6.42. The van der Waals surface area contributed by atoms with E-state index in [0.717, 1.165) is 6.07 Å². The van der Waals surface area contributed by atoms with Crippen LogP contribution in [-0.2, 0) is 25.7 Å². The Morgan fingerprint density at radius 3 is 2.70 bits per heavy atom. The number of rotatable bonds is 4. The number of hydrogen-bond acceptors (Lipinski definition) is 5. The molecule has 0 aliphatic carbocycles. The van der Waals surface area contributed by atoms with Crippen molar-refractivity contribution in [1.82, 2.24) is 15.0 Å². The van der Waals surface area contributed by atoms with Crippen LogP contribution in [0, 0.1) is 5.82 Å². The molecular formula is C17H19F4N5O. The molecule has 1 aromatic heterocycles. The van der Waals surface area contributed by atoms with Crippen LogP contribution in [0.3, 0.4) is 0 Å². The molecule has 6 nitrogen and oxygen atoms in total. The number of aromatic nitrogens is 2. The summed E-state index contributed by atoms with van der Waals surface area (Å²) in [5.74, 6) is -1.08. The lowest BCUT2D eigenvalue weighted by Gasteiger charge is -2.24. The molecule has 0 spiro atoms. The summed E-state index contributed by atoms with van der Waals surface area (Å²) < 4.78 is 53.1. The van der Waals surface area contributed by atoms with Crippen molar-refractivity contribution < 1.29 is 17.6 Å². The van der Waals surface area contributed by atoms with Crippen LogP contribution in [0.5, 0.6) is 0 Å². The van der Waals surface area contributed by atoms with Gasteiger partial charge in [0.1, 0.15) is 5.82 Å². The number of benzene rings is 1. The standard InChI is InChI=1S/C17H19F4N5O/c1-25(2)26-15(27)11-9-22-6-5-14(11)24-16(26)23-8-10-3-4-12(13(18)7-10)17(19,20)21/h3-4,7,22H,5-6,8-9H2,1-2H3,(H,23,24). The van der Waals surface area contributed by atoms with Gasteiger partial charge in [-0.1, -0.05) is 6.07 Å². The van der Waals surface area contributed by atoms with Gasteiger partial charge in [-0.05, 0) is 17.7 Å². The Hall–Kier alpha value is -2.62. The van der Waals surface area contributed by atoms with E-state index >= 15 is 0 Å². The minimum absolute atomic E-state index is 0.0202. The number of alkyl halides is 3. The Bertz CT molecular complexity index is 907. The summed E-state index contributed by atoms with van der Waals surface area (Å²) in [5, 5.41) is 7.61. The fourth-order valence-electron chi connectivity index (χ4n) is 2.96. The van der Waals surface area contributed by atoms with E-state index in [-0.39, 0.29) is 18.1 Å². The van der Waals surface area contributed by atoms with E-state index in [9.17, 15) is 22.4 Å². The van der Waals surface area contributed by atoms with E-state index < -0.39 is 17.6 Å². The Kier molecular flexibility index (Phi) is 5.09. The Balaban J connectivity index is 1.89. The fourth-order valence-corrected chi connectivity index (χ4v) is 2.96. The first kappa shape index (κ1) is 19.2. The highest BCUT2D eigenvalue weighted by Gasteiger charge is 2.33. The number of nitrogens with zero attached hydrogens (tertiary/aromatic N) is 3. The number of hydrogen-bond donors (Lipinski definition) is 2.